The molecule has 0 aliphatic heterocycles. The van der Waals surface area contributed by atoms with E-state index in [9.17, 15) is 5.11 Å². The molecule has 1 saturated carbocycles. The molecule has 0 bridgehead atoms. The molecule has 1 unspecified atom stereocenters. The van der Waals surface area contributed by atoms with Crippen molar-refractivity contribution in [1.82, 2.24) is 0 Å². The fourth-order valence-electron chi connectivity index (χ4n) is 3.79. The van der Waals surface area contributed by atoms with Crippen LogP contribution in [0.3, 0.4) is 0 Å². The summed E-state index contributed by atoms with van der Waals surface area (Å²) in [5, 5.41) is 10.8. The molecule has 0 amide bonds. The minimum Gasteiger partial charge on any atom is -0.393 e. The van der Waals surface area contributed by atoms with E-state index in [1.165, 1.54) is 43.2 Å². The minimum atomic E-state index is -0.189. The maximum Gasteiger partial charge on any atom is 0.0577 e. The van der Waals surface area contributed by atoms with Gasteiger partial charge in [0.05, 0.1) is 6.10 Å². The minimum absolute atomic E-state index is 0.189. The molecular weight excluding hydrogens is 268 g/mol. The first-order valence-electron chi connectivity index (χ1n) is 8.62. The van der Waals surface area contributed by atoms with Crippen LogP contribution in [0.15, 0.2) is 60.7 Å². The fraction of sp³-hybridized carbons (Fsp3) is 0.429. The molecule has 1 nitrogen and oxygen atoms in total. The zero-order valence-electron chi connectivity index (χ0n) is 13.2. The molecule has 1 atom stereocenters. The Kier molecular flexibility index (Phi) is 5.29. The molecule has 0 heterocycles. The molecule has 1 aliphatic rings. The lowest BCUT2D eigenvalue weighted by Gasteiger charge is -2.30. The summed E-state index contributed by atoms with van der Waals surface area (Å²) < 4.78 is 0. The Bertz CT molecular complexity index is 503. The number of aliphatic hydroxyl groups excluding tert-OH is 1. The quantitative estimate of drug-likeness (QED) is 0.808. The summed E-state index contributed by atoms with van der Waals surface area (Å²) in [6.45, 7) is 0. The summed E-state index contributed by atoms with van der Waals surface area (Å²) in [7, 11) is 0. The van der Waals surface area contributed by atoms with Crippen LogP contribution in [0.4, 0.5) is 0 Å². The maximum absolute atomic E-state index is 10.8. The topological polar surface area (TPSA) is 20.2 Å². The van der Waals surface area contributed by atoms with Gasteiger partial charge in [0.15, 0.2) is 0 Å². The van der Waals surface area contributed by atoms with Gasteiger partial charge in [0.25, 0.3) is 0 Å². The number of rotatable bonds is 5. The van der Waals surface area contributed by atoms with E-state index in [-0.39, 0.29) is 6.10 Å². The highest BCUT2D eigenvalue weighted by Gasteiger charge is 2.26. The van der Waals surface area contributed by atoms with Crippen LogP contribution in [0.2, 0.25) is 0 Å². The average molecular weight is 294 g/mol. The van der Waals surface area contributed by atoms with Crippen LogP contribution in [0.5, 0.6) is 0 Å². The number of hydrogen-bond donors (Lipinski definition) is 1. The monoisotopic (exact) mass is 294 g/mol. The Morgan fingerprint density at radius 2 is 1.27 bits per heavy atom. The summed E-state index contributed by atoms with van der Waals surface area (Å²) in [6.07, 6.45) is 6.93. The molecule has 3 rings (SSSR count). The van der Waals surface area contributed by atoms with Gasteiger partial charge in [0, 0.05) is 5.92 Å². The van der Waals surface area contributed by atoms with Gasteiger partial charge in [-0.05, 0) is 36.3 Å². The van der Waals surface area contributed by atoms with Crippen molar-refractivity contribution in [2.75, 3.05) is 0 Å². The van der Waals surface area contributed by atoms with Crippen molar-refractivity contribution in [2.24, 2.45) is 5.92 Å². The molecule has 0 radical (unpaired) electrons. The molecule has 1 fully saturated rings. The molecule has 1 heteroatoms. The Morgan fingerprint density at radius 1 is 0.773 bits per heavy atom. The van der Waals surface area contributed by atoms with Crippen molar-refractivity contribution in [3.63, 3.8) is 0 Å². The lowest BCUT2D eigenvalue weighted by atomic mass is 9.79. The Hall–Kier alpha value is -1.60. The van der Waals surface area contributed by atoms with Gasteiger partial charge in [-0.3, -0.25) is 0 Å². The van der Waals surface area contributed by atoms with Gasteiger partial charge in [-0.2, -0.15) is 0 Å². The van der Waals surface area contributed by atoms with E-state index in [0.717, 1.165) is 6.42 Å². The number of benzene rings is 2. The van der Waals surface area contributed by atoms with Gasteiger partial charge in [-0.1, -0.05) is 79.9 Å². The first-order chi connectivity index (χ1) is 10.8. The van der Waals surface area contributed by atoms with Crippen LogP contribution in [0, 0.1) is 5.92 Å². The summed E-state index contributed by atoms with van der Waals surface area (Å²) >= 11 is 0. The maximum atomic E-state index is 10.8. The van der Waals surface area contributed by atoms with Crippen molar-refractivity contribution in [3.05, 3.63) is 71.8 Å². The average Bonchev–Trinajstić information content (AvgIpc) is 2.62. The molecule has 1 N–H and O–H groups in total. The lowest BCUT2D eigenvalue weighted by molar-refractivity contribution is 0.0736. The van der Waals surface area contributed by atoms with Gasteiger partial charge in [0.2, 0.25) is 0 Å². The van der Waals surface area contributed by atoms with Gasteiger partial charge in [-0.25, -0.2) is 0 Å². The number of aliphatic hydroxyl groups is 1. The highest BCUT2D eigenvalue weighted by Crippen LogP contribution is 2.34. The molecule has 2 aromatic rings. The molecule has 0 aromatic heterocycles. The SMILES string of the molecule is OC(CC(c1ccccc1)c1ccccc1)C1CCCCC1. The highest BCUT2D eigenvalue weighted by atomic mass is 16.3. The first-order valence-corrected chi connectivity index (χ1v) is 8.62. The predicted molar refractivity (Wildman–Crippen MR) is 91.9 cm³/mol. The second-order valence-corrected chi connectivity index (χ2v) is 6.58. The summed E-state index contributed by atoms with van der Waals surface area (Å²) in [6, 6.07) is 21.2. The van der Waals surface area contributed by atoms with E-state index in [1.54, 1.807) is 0 Å². The summed E-state index contributed by atoms with van der Waals surface area (Å²) in [5.41, 5.74) is 2.62. The van der Waals surface area contributed by atoms with Crippen LogP contribution < -0.4 is 0 Å². The van der Waals surface area contributed by atoms with Crippen LogP contribution in [0.1, 0.15) is 55.6 Å². The van der Waals surface area contributed by atoms with E-state index >= 15 is 0 Å². The van der Waals surface area contributed by atoms with E-state index < -0.39 is 0 Å². The van der Waals surface area contributed by atoms with Crippen molar-refractivity contribution in [1.29, 1.82) is 0 Å². The first kappa shape index (κ1) is 15.3. The third-order valence-electron chi connectivity index (χ3n) is 5.08. The zero-order valence-corrected chi connectivity index (χ0v) is 13.2. The molecule has 2 aromatic carbocycles. The van der Waals surface area contributed by atoms with E-state index in [4.69, 9.17) is 0 Å². The van der Waals surface area contributed by atoms with E-state index in [1.807, 2.05) is 0 Å². The third kappa shape index (κ3) is 3.78. The molecular formula is C21H26O. The predicted octanol–water partition coefficient (Wildman–Crippen LogP) is 5.15. The van der Waals surface area contributed by atoms with Crippen LogP contribution >= 0.6 is 0 Å². The zero-order chi connectivity index (χ0) is 15.2. The Balaban J connectivity index is 1.79. The molecule has 1 aliphatic carbocycles. The van der Waals surface area contributed by atoms with Crippen molar-refractivity contribution >= 4 is 0 Å². The van der Waals surface area contributed by atoms with Gasteiger partial charge < -0.3 is 5.11 Å². The van der Waals surface area contributed by atoms with Crippen molar-refractivity contribution < 1.29 is 5.11 Å². The van der Waals surface area contributed by atoms with Gasteiger partial charge >= 0.3 is 0 Å². The Labute approximate surface area is 134 Å². The standard InChI is InChI=1S/C21H26O/c22-21(19-14-8-3-9-15-19)16-20(17-10-4-1-5-11-17)18-12-6-2-7-13-18/h1-2,4-7,10-13,19-22H,3,8-9,14-16H2. The third-order valence-corrected chi connectivity index (χ3v) is 5.08. The van der Waals surface area contributed by atoms with Crippen molar-refractivity contribution in [3.8, 4) is 0 Å². The largest absolute Gasteiger partial charge is 0.393 e. The molecule has 0 spiro atoms. The van der Waals surface area contributed by atoms with Crippen LogP contribution in [0.25, 0.3) is 0 Å². The summed E-state index contributed by atoms with van der Waals surface area (Å²) in [4.78, 5) is 0. The highest BCUT2D eigenvalue weighted by molar-refractivity contribution is 5.32. The molecule has 116 valence electrons. The summed E-state index contributed by atoms with van der Waals surface area (Å²) in [5.74, 6) is 0.781. The number of hydrogen-bond acceptors (Lipinski definition) is 1. The van der Waals surface area contributed by atoms with Crippen molar-refractivity contribution in [2.45, 2.75) is 50.5 Å². The molecule has 22 heavy (non-hydrogen) atoms. The lowest BCUT2D eigenvalue weighted by Crippen LogP contribution is -2.25. The van der Waals surface area contributed by atoms with E-state index in [0.29, 0.717) is 11.8 Å². The second kappa shape index (κ2) is 7.60. The smallest absolute Gasteiger partial charge is 0.0577 e. The second-order valence-electron chi connectivity index (χ2n) is 6.58. The fourth-order valence-corrected chi connectivity index (χ4v) is 3.79. The Morgan fingerprint density at radius 3 is 1.77 bits per heavy atom. The van der Waals surface area contributed by atoms with Gasteiger partial charge in [0.1, 0.15) is 0 Å². The normalized spacial score (nSPS) is 17.5. The molecule has 0 saturated heterocycles. The van der Waals surface area contributed by atoms with Crippen LogP contribution in [-0.4, -0.2) is 11.2 Å². The van der Waals surface area contributed by atoms with Crippen LogP contribution in [-0.2, 0) is 0 Å². The van der Waals surface area contributed by atoms with Gasteiger partial charge in [-0.15, -0.1) is 0 Å². The van der Waals surface area contributed by atoms with E-state index in [2.05, 4.69) is 60.7 Å².